The van der Waals surface area contributed by atoms with Gasteiger partial charge in [-0.15, -0.1) is 0 Å². The van der Waals surface area contributed by atoms with Crippen LogP contribution in [0.4, 0.5) is 0 Å². The Kier molecular flexibility index (Phi) is 7.75. The molecule has 0 heterocycles. The number of hydrogen-bond donors (Lipinski definition) is 1. The smallest absolute Gasteiger partial charge is 0.150 e. The van der Waals surface area contributed by atoms with Gasteiger partial charge in [-0.3, -0.25) is 0 Å². The van der Waals surface area contributed by atoms with Gasteiger partial charge in [0.05, 0.1) is 11.5 Å². The van der Waals surface area contributed by atoms with Gasteiger partial charge in [0.1, 0.15) is 0 Å². The minimum Gasteiger partial charge on any atom is -0.396 e. The van der Waals surface area contributed by atoms with Gasteiger partial charge in [-0.25, -0.2) is 8.42 Å². The quantitative estimate of drug-likeness (QED) is 0.672. The summed E-state index contributed by atoms with van der Waals surface area (Å²) in [6, 6.07) is 9.73. The first-order valence-electron chi connectivity index (χ1n) is 6.99. The second kappa shape index (κ2) is 9.10. The van der Waals surface area contributed by atoms with Crippen molar-refractivity contribution in [1.29, 1.82) is 0 Å². The molecule has 0 aliphatic rings. The van der Waals surface area contributed by atoms with E-state index in [4.69, 9.17) is 5.11 Å². The van der Waals surface area contributed by atoms with E-state index in [2.05, 4.69) is 0 Å². The van der Waals surface area contributed by atoms with Gasteiger partial charge in [0.15, 0.2) is 9.84 Å². The summed E-state index contributed by atoms with van der Waals surface area (Å²) in [5, 5.41) is 8.63. The van der Waals surface area contributed by atoms with Gasteiger partial charge in [0, 0.05) is 6.61 Å². The standard InChI is InChI=1S/C15H24O3S/c16-12-7-2-1-3-8-13-19(17,18)14-11-15-9-5-4-6-10-15/h4-6,9-10,16H,1-3,7-8,11-14H2. The molecule has 4 heteroatoms. The van der Waals surface area contributed by atoms with E-state index in [-0.39, 0.29) is 12.4 Å². The molecule has 108 valence electrons. The number of unbranched alkanes of at least 4 members (excludes halogenated alkanes) is 4. The average molecular weight is 284 g/mol. The molecule has 0 bridgehead atoms. The molecule has 0 aromatic heterocycles. The van der Waals surface area contributed by atoms with Crippen molar-refractivity contribution >= 4 is 9.84 Å². The fourth-order valence-electron chi connectivity index (χ4n) is 1.98. The van der Waals surface area contributed by atoms with E-state index in [9.17, 15) is 8.42 Å². The highest BCUT2D eigenvalue weighted by Crippen LogP contribution is 2.07. The minimum absolute atomic E-state index is 0.232. The van der Waals surface area contributed by atoms with Crippen molar-refractivity contribution in [3.8, 4) is 0 Å². The topological polar surface area (TPSA) is 54.4 Å². The van der Waals surface area contributed by atoms with Crippen LogP contribution in [0.2, 0.25) is 0 Å². The van der Waals surface area contributed by atoms with E-state index < -0.39 is 9.84 Å². The Bertz CT molecular complexity index is 426. The number of aryl methyl sites for hydroxylation is 1. The van der Waals surface area contributed by atoms with Gasteiger partial charge in [0.25, 0.3) is 0 Å². The van der Waals surface area contributed by atoms with E-state index in [0.29, 0.717) is 12.2 Å². The van der Waals surface area contributed by atoms with Crippen molar-refractivity contribution in [1.82, 2.24) is 0 Å². The lowest BCUT2D eigenvalue weighted by Crippen LogP contribution is -2.13. The van der Waals surface area contributed by atoms with E-state index in [1.807, 2.05) is 30.3 Å². The number of sulfone groups is 1. The van der Waals surface area contributed by atoms with Gasteiger partial charge in [-0.2, -0.15) is 0 Å². The fraction of sp³-hybridized carbons (Fsp3) is 0.600. The summed E-state index contributed by atoms with van der Waals surface area (Å²) >= 11 is 0. The molecule has 0 aliphatic carbocycles. The SMILES string of the molecule is O=S(=O)(CCCCCCCO)CCc1ccccc1. The molecule has 0 unspecified atom stereocenters. The Morgan fingerprint density at radius 3 is 2.16 bits per heavy atom. The van der Waals surface area contributed by atoms with Crippen molar-refractivity contribution < 1.29 is 13.5 Å². The number of aliphatic hydroxyl groups is 1. The Morgan fingerprint density at radius 1 is 0.842 bits per heavy atom. The molecule has 0 fully saturated rings. The summed E-state index contributed by atoms with van der Waals surface area (Å²) in [5.74, 6) is 0.534. The maximum Gasteiger partial charge on any atom is 0.150 e. The third kappa shape index (κ3) is 8.01. The number of aliphatic hydroxyl groups excluding tert-OH is 1. The second-order valence-corrected chi connectivity index (χ2v) is 7.18. The number of hydrogen-bond acceptors (Lipinski definition) is 3. The van der Waals surface area contributed by atoms with E-state index in [0.717, 1.165) is 37.7 Å². The number of rotatable bonds is 10. The zero-order valence-electron chi connectivity index (χ0n) is 11.4. The first-order chi connectivity index (χ1) is 9.14. The molecule has 1 aromatic carbocycles. The van der Waals surface area contributed by atoms with E-state index in [1.54, 1.807) is 0 Å². The van der Waals surface area contributed by atoms with Gasteiger partial charge in [-0.05, 0) is 24.8 Å². The van der Waals surface area contributed by atoms with Crippen LogP contribution in [0.5, 0.6) is 0 Å². The van der Waals surface area contributed by atoms with Crippen molar-refractivity contribution in [2.75, 3.05) is 18.1 Å². The highest BCUT2D eigenvalue weighted by molar-refractivity contribution is 7.91. The van der Waals surface area contributed by atoms with Gasteiger partial charge in [0.2, 0.25) is 0 Å². The Balaban J connectivity index is 2.17. The molecule has 0 amide bonds. The fourth-order valence-corrected chi connectivity index (χ4v) is 3.38. The van der Waals surface area contributed by atoms with E-state index >= 15 is 0 Å². The molecule has 19 heavy (non-hydrogen) atoms. The Morgan fingerprint density at radius 2 is 1.47 bits per heavy atom. The van der Waals surface area contributed by atoms with Crippen LogP contribution in [0.1, 0.15) is 37.7 Å². The maximum atomic E-state index is 11.9. The zero-order chi connectivity index (χ0) is 14.0. The van der Waals surface area contributed by atoms with Crippen molar-refractivity contribution in [2.24, 2.45) is 0 Å². The zero-order valence-corrected chi connectivity index (χ0v) is 12.2. The van der Waals surface area contributed by atoms with Crippen molar-refractivity contribution in [2.45, 2.75) is 38.5 Å². The summed E-state index contributed by atoms with van der Waals surface area (Å²) in [6.45, 7) is 0.232. The first-order valence-corrected chi connectivity index (χ1v) is 8.81. The van der Waals surface area contributed by atoms with Crippen LogP contribution in [0.15, 0.2) is 30.3 Å². The predicted octanol–water partition coefficient (Wildman–Crippen LogP) is 2.59. The highest BCUT2D eigenvalue weighted by Gasteiger charge is 2.10. The second-order valence-electron chi connectivity index (χ2n) is 4.88. The van der Waals surface area contributed by atoms with Crippen LogP contribution in [-0.2, 0) is 16.3 Å². The van der Waals surface area contributed by atoms with Crippen molar-refractivity contribution in [3.63, 3.8) is 0 Å². The monoisotopic (exact) mass is 284 g/mol. The highest BCUT2D eigenvalue weighted by atomic mass is 32.2. The summed E-state index contributed by atoms with van der Waals surface area (Å²) in [7, 11) is -2.92. The van der Waals surface area contributed by atoms with Crippen molar-refractivity contribution in [3.05, 3.63) is 35.9 Å². The molecule has 0 atom stereocenters. The lowest BCUT2D eigenvalue weighted by molar-refractivity contribution is 0.282. The molecule has 3 nitrogen and oxygen atoms in total. The molecule has 1 rings (SSSR count). The molecule has 0 aliphatic heterocycles. The average Bonchev–Trinajstić information content (AvgIpc) is 2.42. The summed E-state index contributed by atoms with van der Waals surface area (Å²) < 4.78 is 23.7. The van der Waals surface area contributed by atoms with Crippen LogP contribution in [0.3, 0.4) is 0 Å². The van der Waals surface area contributed by atoms with Crippen LogP contribution in [0, 0.1) is 0 Å². The molecular formula is C15H24O3S. The lowest BCUT2D eigenvalue weighted by Gasteiger charge is -2.05. The normalized spacial score (nSPS) is 11.6. The first kappa shape index (κ1) is 16.2. The molecule has 0 saturated heterocycles. The predicted molar refractivity (Wildman–Crippen MR) is 79.0 cm³/mol. The molecule has 0 saturated carbocycles. The summed E-state index contributed by atoms with van der Waals surface area (Å²) in [6.07, 6.45) is 5.09. The molecule has 1 N–H and O–H groups in total. The largest absolute Gasteiger partial charge is 0.396 e. The third-order valence-corrected chi connectivity index (χ3v) is 4.89. The summed E-state index contributed by atoms with van der Waals surface area (Å²) in [4.78, 5) is 0. The third-order valence-electron chi connectivity index (χ3n) is 3.16. The molecular weight excluding hydrogens is 260 g/mol. The van der Waals surface area contributed by atoms with Crippen LogP contribution >= 0.6 is 0 Å². The molecule has 0 spiro atoms. The van der Waals surface area contributed by atoms with Gasteiger partial charge in [-0.1, -0.05) is 49.6 Å². The van der Waals surface area contributed by atoms with Crippen LogP contribution in [0.25, 0.3) is 0 Å². The Labute approximate surface area is 116 Å². The summed E-state index contributed by atoms with van der Waals surface area (Å²) in [5.41, 5.74) is 1.08. The number of benzene rings is 1. The Hall–Kier alpha value is -0.870. The van der Waals surface area contributed by atoms with Gasteiger partial charge < -0.3 is 5.11 Å². The van der Waals surface area contributed by atoms with Gasteiger partial charge >= 0.3 is 0 Å². The van der Waals surface area contributed by atoms with Crippen LogP contribution < -0.4 is 0 Å². The lowest BCUT2D eigenvalue weighted by atomic mass is 10.2. The molecule has 0 radical (unpaired) electrons. The molecule has 1 aromatic rings. The van der Waals surface area contributed by atoms with Crippen LogP contribution in [-0.4, -0.2) is 31.6 Å². The maximum absolute atomic E-state index is 11.9. The minimum atomic E-state index is -2.92. The van der Waals surface area contributed by atoms with E-state index in [1.165, 1.54) is 0 Å².